The van der Waals surface area contributed by atoms with Gasteiger partial charge in [0.25, 0.3) is 0 Å². The molecule has 116 valence electrons. The average molecular weight is 319 g/mol. The molecular formula is C18H19ClO3. The molecule has 0 aliphatic rings. The van der Waals surface area contributed by atoms with Gasteiger partial charge in [0.15, 0.2) is 5.60 Å². The van der Waals surface area contributed by atoms with Crippen LogP contribution < -0.4 is 0 Å². The molecule has 0 saturated carbocycles. The number of halogens is 1. The molecule has 0 aliphatic heterocycles. The first-order valence-electron chi connectivity index (χ1n) is 7.28. The zero-order chi connectivity index (χ0) is 16.2. The van der Waals surface area contributed by atoms with Gasteiger partial charge in [-0.2, -0.15) is 0 Å². The van der Waals surface area contributed by atoms with Crippen molar-refractivity contribution in [2.45, 2.75) is 25.9 Å². The van der Waals surface area contributed by atoms with Crippen LogP contribution in [0.3, 0.4) is 0 Å². The van der Waals surface area contributed by atoms with Gasteiger partial charge in [-0.25, -0.2) is 4.79 Å². The molecule has 0 heterocycles. The maximum Gasteiger partial charge on any atom is 0.342 e. The third-order valence-electron chi connectivity index (χ3n) is 3.67. The van der Waals surface area contributed by atoms with Gasteiger partial charge in [-0.05, 0) is 30.5 Å². The molecule has 0 aromatic heterocycles. The highest BCUT2D eigenvalue weighted by atomic mass is 35.5. The van der Waals surface area contributed by atoms with Crippen molar-refractivity contribution in [1.29, 1.82) is 0 Å². The van der Waals surface area contributed by atoms with Gasteiger partial charge in [0.2, 0.25) is 0 Å². The molecule has 3 nitrogen and oxygen atoms in total. The normalized spacial score (nSPS) is 13.5. The van der Waals surface area contributed by atoms with Gasteiger partial charge in [0, 0.05) is 10.6 Å². The number of carbonyl (C=O) groups excluding carboxylic acids is 1. The Morgan fingerprint density at radius 1 is 1.14 bits per heavy atom. The Morgan fingerprint density at radius 3 is 2.32 bits per heavy atom. The van der Waals surface area contributed by atoms with Gasteiger partial charge in [0.05, 0.1) is 6.61 Å². The zero-order valence-corrected chi connectivity index (χ0v) is 13.4. The van der Waals surface area contributed by atoms with E-state index in [2.05, 4.69) is 0 Å². The number of carbonyl (C=O) groups is 1. The molecule has 0 aliphatic carbocycles. The van der Waals surface area contributed by atoms with E-state index >= 15 is 0 Å². The minimum atomic E-state index is -1.62. The minimum Gasteiger partial charge on any atom is -0.464 e. The Labute approximate surface area is 135 Å². The van der Waals surface area contributed by atoms with E-state index in [1.54, 1.807) is 26.0 Å². The predicted molar refractivity (Wildman–Crippen MR) is 87.7 cm³/mol. The molecular weight excluding hydrogens is 300 g/mol. The monoisotopic (exact) mass is 318 g/mol. The van der Waals surface area contributed by atoms with Crippen LogP contribution >= 0.6 is 11.6 Å². The van der Waals surface area contributed by atoms with Crippen LogP contribution in [0.15, 0.2) is 48.5 Å². The number of benzene rings is 2. The Bertz CT molecular complexity index is 652. The Morgan fingerprint density at radius 2 is 1.77 bits per heavy atom. The topological polar surface area (TPSA) is 46.5 Å². The van der Waals surface area contributed by atoms with Gasteiger partial charge < -0.3 is 9.84 Å². The summed E-state index contributed by atoms with van der Waals surface area (Å²) in [6.07, 6.45) is 0.247. The lowest BCUT2D eigenvalue weighted by atomic mass is 9.90. The van der Waals surface area contributed by atoms with Gasteiger partial charge in [-0.15, -0.1) is 0 Å². The van der Waals surface area contributed by atoms with E-state index in [0.29, 0.717) is 10.6 Å². The molecule has 0 radical (unpaired) electrons. The summed E-state index contributed by atoms with van der Waals surface area (Å²) in [5.74, 6) is -0.622. The maximum absolute atomic E-state index is 12.0. The number of aliphatic hydroxyl groups is 1. The molecule has 1 N–H and O–H groups in total. The van der Waals surface area contributed by atoms with Crippen molar-refractivity contribution in [3.63, 3.8) is 0 Å². The largest absolute Gasteiger partial charge is 0.464 e. The summed E-state index contributed by atoms with van der Waals surface area (Å²) in [4.78, 5) is 12.0. The molecule has 0 bridgehead atoms. The van der Waals surface area contributed by atoms with E-state index in [1.807, 2.05) is 36.4 Å². The Hall–Kier alpha value is -1.84. The lowest BCUT2D eigenvalue weighted by Gasteiger charge is -2.25. The maximum atomic E-state index is 12.0. The molecule has 2 aromatic rings. The third-order valence-corrected chi connectivity index (χ3v) is 4.00. The fraction of sp³-hybridized carbons (Fsp3) is 0.278. The highest BCUT2D eigenvalue weighted by Gasteiger charge is 2.37. The molecule has 22 heavy (non-hydrogen) atoms. The molecule has 4 heteroatoms. The standard InChI is InChI=1S/C18H19ClO3/c1-3-18(21,17(20)22-4-2)14-11-9-13(10-12-14)15-7-5-6-8-16(15)19/h5-12,21H,3-4H2,1-2H3. The van der Waals surface area contributed by atoms with E-state index in [0.717, 1.165) is 11.1 Å². The van der Waals surface area contributed by atoms with Crippen LogP contribution in [0.2, 0.25) is 5.02 Å². The molecule has 1 atom stereocenters. The van der Waals surface area contributed by atoms with Gasteiger partial charge in [-0.3, -0.25) is 0 Å². The lowest BCUT2D eigenvalue weighted by Crippen LogP contribution is -2.36. The Balaban J connectivity index is 2.35. The van der Waals surface area contributed by atoms with Gasteiger partial charge in [0.1, 0.15) is 0 Å². The van der Waals surface area contributed by atoms with Crippen molar-refractivity contribution in [2.75, 3.05) is 6.61 Å². The lowest BCUT2D eigenvalue weighted by molar-refractivity contribution is -0.166. The van der Waals surface area contributed by atoms with Crippen molar-refractivity contribution < 1.29 is 14.6 Å². The first-order chi connectivity index (χ1) is 10.5. The second kappa shape index (κ2) is 6.95. The fourth-order valence-corrected chi connectivity index (χ4v) is 2.58. The summed E-state index contributed by atoms with van der Waals surface area (Å²) >= 11 is 6.18. The van der Waals surface area contributed by atoms with E-state index in [-0.39, 0.29) is 13.0 Å². The van der Waals surface area contributed by atoms with Crippen LogP contribution in [-0.2, 0) is 15.1 Å². The van der Waals surface area contributed by atoms with Crippen molar-refractivity contribution in [1.82, 2.24) is 0 Å². The SMILES string of the molecule is CCOC(=O)C(O)(CC)c1ccc(-c2ccccc2Cl)cc1. The van der Waals surface area contributed by atoms with Crippen molar-refractivity contribution in [3.8, 4) is 11.1 Å². The number of esters is 1. The smallest absolute Gasteiger partial charge is 0.342 e. The highest BCUT2D eigenvalue weighted by molar-refractivity contribution is 6.33. The first kappa shape index (κ1) is 16.5. The molecule has 2 aromatic carbocycles. The van der Waals surface area contributed by atoms with Crippen molar-refractivity contribution in [2.24, 2.45) is 0 Å². The summed E-state index contributed by atoms with van der Waals surface area (Å²) in [6, 6.07) is 14.7. The van der Waals surface area contributed by atoms with Crippen LogP contribution in [0.4, 0.5) is 0 Å². The highest BCUT2D eigenvalue weighted by Crippen LogP contribution is 2.31. The second-order valence-electron chi connectivity index (χ2n) is 4.99. The quantitative estimate of drug-likeness (QED) is 0.842. The number of ether oxygens (including phenoxy) is 1. The zero-order valence-electron chi connectivity index (χ0n) is 12.7. The summed E-state index contributed by atoms with van der Waals surface area (Å²) < 4.78 is 4.98. The fourth-order valence-electron chi connectivity index (χ4n) is 2.34. The first-order valence-corrected chi connectivity index (χ1v) is 7.65. The molecule has 1 unspecified atom stereocenters. The number of hydrogen-bond acceptors (Lipinski definition) is 3. The summed E-state index contributed by atoms with van der Waals surface area (Å²) in [5, 5.41) is 11.3. The van der Waals surface area contributed by atoms with E-state index in [1.165, 1.54) is 0 Å². The molecule has 0 amide bonds. The summed E-state index contributed by atoms with van der Waals surface area (Å²) in [6.45, 7) is 3.70. The van der Waals surface area contributed by atoms with Crippen LogP contribution in [0.5, 0.6) is 0 Å². The summed E-state index contributed by atoms with van der Waals surface area (Å²) in [7, 11) is 0. The Kier molecular flexibility index (Phi) is 5.22. The van der Waals surface area contributed by atoms with Crippen LogP contribution in [-0.4, -0.2) is 17.7 Å². The van der Waals surface area contributed by atoms with E-state index < -0.39 is 11.6 Å². The number of hydrogen-bond donors (Lipinski definition) is 1. The molecule has 0 spiro atoms. The predicted octanol–water partition coefficient (Wildman–Crippen LogP) is 4.17. The van der Waals surface area contributed by atoms with E-state index in [9.17, 15) is 9.90 Å². The van der Waals surface area contributed by atoms with Crippen LogP contribution in [0, 0.1) is 0 Å². The minimum absolute atomic E-state index is 0.235. The molecule has 0 fully saturated rings. The van der Waals surface area contributed by atoms with E-state index in [4.69, 9.17) is 16.3 Å². The third kappa shape index (κ3) is 3.16. The van der Waals surface area contributed by atoms with Crippen LogP contribution in [0.25, 0.3) is 11.1 Å². The summed E-state index contributed by atoms with van der Waals surface area (Å²) in [5.41, 5.74) is 0.738. The molecule has 0 saturated heterocycles. The average Bonchev–Trinajstić information content (AvgIpc) is 2.55. The van der Waals surface area contributed by atoms with Crippen LogP contribution in [0.1, 0.15) is 25.8 Å². The second-order valence-corrected chi connectivity index (χ2v) is 5.40. The van der Waals surface area contributed by atoms with Gasteiger partial charge >= 0.3 is 5.97 Å². The van der Waals surface area contributed by atoms with Crippen molar-refractivity contribution >= 4 is 17.6 Å². The van der Waals surface area contributed by atoms with Gasteiger partial charge in [-0.1, -0.05) is 61.0 Å². The van der Waals surface area contributed by atoms with Crippen molar-refractivity contribution in [3.05, 3.63) is 59.1 Å². The molecule has 2 rings (SSSR count). The number of rotatable bonds is 5.